The van der Waals surface area contributed by atoms with E-state index in [1.54, 1.807) is 0 Å². The molecule has 0 aliphatic carbocycles. The third-order valence-corrected chi connectivity index (χ3v) is 1.92. The SMILES string of the molecule is CCN(CC)CCO.[Mg+2].[c-]1ccccc1. The van der Waals surface area contributed by atoms with Gasteiger partial charge < -0.3 is 10.0 Å². The molecule has 0 unspecified atom stereocenters. The van der Waals surface area contributed by atoms with Crippen LogP contribution in [0.1, 0.15) is 13.8 Å². The molecule has 0 fully saturated rings. The van der Waals surface area contributed by atoms with Crippen molar-refractivity contribution in [2.45, 2.75) is 13.8 Å². The summed E-state index contributed by atoms with van der Waals surface area (Å²) in [7, 11) is 0. The van der Waals surface area contributed by atoms with Gasteiger partial charge in [-0.2, -0.15) is 36.4 Å². The zero-order valence-electron chi connectivity index (χ0n) is 9.82. The second kappa shape index (κ2) is 13.9. The van der Waals surface area contributed by atoms with Crippen LogP contribution >= 0.6 is 0 Å². The Morgan fingerprint density at radius 3 is 1.73 bits per heavy atom. The van der Waals surface area contributed by atoms with Crippen LogP contribution in [0.15, 0.2) is 30.3 Å². The number of aliphatic hydroxyl groups is 1. The van der Waals surface area contributed by atoms with E-state index >= 15 is 0 Å². The zero-order chi connectivity index (χ0) is 10.6. The van der Waals surface area contributed by atoms with E-state index in [4.69, 9.17) is 5.11 Å². The molecular formula is C12H20MgNO+. The molecule has 0 aliphatic heterocycles. The molecule has 0 bridgehead atoms. The van der Waals surface area contributed by atoms with Gasteiger partial charge in [0.05, 0.1) is 6.61 Å². The van der Waals surface area contributed by atoms with Gasteiger partial charge in [-0.25, -0.2) is 0 Å². The summed E-state index contributed by atoms with van der Waals surface area (Å²) in [5.74, 6) is 0. The number of nitrogens with zero attached hydrogens (tertiary/aromatic N) is 1. The maximum absolute atomic E-state index is 8.46. The van der Waals surface area contributed by atoms with Crippen LogP contribution in [-0.4, -0.2) is 59.3 Å². The monoisotopic (exact) mass is 218 g/mol. The Bertz CT molecular complexity index is 163. The van der Waals surface area contributed by atoms with Crippen LogP contribution in [0.2, 0.25) is 0 Å². The summed E-state index contributed by atoms with van der Waals surface area (Å²) in [6, 6.07) is 12.5. The summed E-state index contributed by atoms with van der Waals surface area (Å²) in [5, 5.41) is 8.46. The molecule has 1 rings (SSSR count). The topological polar surface area (TPSA) is 23.5 Å². The van der Waals surface area contributed by atoms with E-state index < -0.39 is 0 Å². The van der Waals surface area contributed by atoms with E-state index in [2.05, 4.69) is 24.8 Å². The molecule has 0 radical (unpaired) electrons. The Labute approximate surface area is 109 Å². The van der Waals surface area contributed by atoms with Crippen LogP contribution in [0.25, 0.3) is 0 Å². The fourth-order valence-electron chi connectivity index (χ4n) is 1.02. The number of hydrogen-bond donors (Lipinski definition) is 1. The number of aliphatic hydroxyl groups excluding tert-OH is 1. The van der Waals surface area contributed by atoms with Gasteiger partial charge in [-0.1, -0.05) is 13.8 Å². The molecule has 1 N–H and O–H groups in total. The van der Waals surface area contributed by atoms with Crippen molar-refractivity contribution >= 4 is 23.1 Å². The first kappa shape index (κ1) is 17.3. The quantitative estimate of drug-likeness (QED) is 0.611. The van der Waals surface area contributed by atoms with Gasteiger partial charge in [-0.3, -0.25) is 0 Å². The maximum atomic E-state index is 8.46. The molecule has 0 aliphatic rings. The standard InChI is InChI=1S/C6H15NO.C6H5.Mg/c1-3-7(4-2)5-6-8;1-2-4-6-5-3-1;/h8H,3-6H2,1-2H3;1-5H;/q;-1;+2. The molecule has 0 atom stereocenters. The second-order valence-electron chi connectivity index (χ2n) is 2.83. The van der Waals surface area contributed by atoms with Gasteiger partial charge in [-0.05, 0) is 13.1 Å². The van der Waals surface area contributed by atoms with Gasteiger partial charge in [0, 0.05) is 6.54 Å². The smallest absolute Gasteiger partial charge is 0.395 e. The number of hydrogen-bond acceptors (Lipinski definition) is 2. The molecule has 2 nitrogen and oxygen atoms in total. The molecule has 0 aromatic heterocycles. The Kier molecular flexibility index (Phi) is 16.0. The van der Waals surface area contributed by atoms with Crippen LogP contribution in [-0.2, 0) is 0 Å². The van der Waals surface area contributed by atoms with Crippen molar-refractivity contribution in [1.29, 1.82) is 0 Å². The first-order valence-electron chi connectivity index (χ1n) is 5.09. The molecule has 0 heterocycles. The third kappa shape index (κ3) is 11.8. The average Bonchev–Trinajstić information content (AvgIpc) is 2.29. The van der Waals surface area contributed by atoms with E-state index in [-0.39, 0.29) is 29.7 Å². The van der Waals surface area contributed by atoms with E-state index in [1.807, 2.05) is 30.3 Å². The van der Waals surface area contributed by atoms with Crippen molar-refractivity contribution in [2.24, 2.45) is 0 Å². The summed E-state index contributed by atoms with van der Waals surface area (Å²) in [4.78, 5) is 2.18. The molecular weight excluding hydrogens is 198 g/mol. The van der Waals surface area contributed by atoms with Gasteiger partial charge in [0.15, 0.2) is 0 Å². The minimum absolute atomic E-state index is 0. The molecule has 0 spiro atoms. The number of rotatable bonds is 4. The normalized spacial score (nSPS) is 8.80. The van der Waals surface area contributed by atoms with Crippen LogP contribution < -0.4 is 0 Å². The predicted molar refractivity (Wildman–Crippen MR) is 65.9 cm³/mol. The summed E-state index contributed by atoms with van der Waals surface area (Å²) < 4.78 is 0. The Balaban J connectivity index is 0. The van der Waals surface area contributed by atoms with Crippen molar-refractivity contribution in [1.82, 2.24) is 4.90 Å². The van der Waals surface area contributed by atoms with E-state index in [0.29, 0.717) is 0 Å². The van der Waals surface area contributed by atoms with Crippen LogP contribution in [0.5, 0.6) is 0 Å². The van der Waals surface area contributed by atoms with Gasteiger partial charge in [0.25, 0.3) is 0 Å². The van der Waals surface area contributed by atoms with Gasteiger partial charge in [-0.15, -0.1) is 0 Å². The summed E-state index contributed by atoms with van der Waals surface area (Å²) in [6.07, 6.45) is 0. The van der Waals surface area contributed by atoms with E-state index in [9.17, 15) is 0 Å². The summed E-state index contributed by atoms with van der Waals surface area (Å²) >= 11 is 0. The zero-order valence-corrected chi connectivity index (χ0v) is 11.2. The van der Waals surface area contributed by atoms with Gasteiger partial charge in [0.2, 0.25) is 0 Å². The molecule has 3 heteroatoms. The van der Waals surface area contributed by atoms with Crippen molar-refractivity contribution in [3.8, 4) is 0 Å². The van der Waals surface area contributed by atoms with Gasteiger partial charge in [0.1, 0.15) is 0 Å². The molecule has 15 heavy (non-hydrogen) atoms. The minimum Gasteiger partial charge on any atom is -0.395 e. The van der Waals surface area contributed by atoms with Crippen LogP contribution in [0.3, 0.4) is 0 Å². The van der Waals surface area contributed by atoms with E-state index in [1.165, 1.54) is 0 Å². The number of likely N-dealkylation sites (N-methyl/N-ethyl adjacent to an activating group) is 1. The molecule has 80 valence electrons. The van der Waals surface area contributed by atoms with E-state index in [0.717, 1.165) is 19.6 Å². The maximum Gasteiger partial charge on any atom is 2.00 e. The van der Waals surface area contributed by atoms with Crippen molar-refractivity contribution < 1.29 is 5.11 Å². The molecule has 0 amide bonds. The van der Waals surface area contributed by atoms with Crippen molar-refractivity contribution in [2.75, 3.05) is 26.2 Å². The van der Waals surface area contributed by atoms with Crippen molar-refractivity contribution in [3.63, 3.8) is 0 Å². The number of benzene rings is 1. The minimum atomic E-state index is 0. The average molecular weight is 219 g/mol. The summed E-state index contributed by atoms with van der Waals surface area (Å²) in [6.45, 7) is 7.36. The largest absolute Gasteiger partial charge is 2.00 e. The first-order chi connectivity index (χ1) is 6.85. The third-order valence-electron chi connectivity index (χ3n) is 1.92. The summed E-state index contributed by atoms with van der Waals surface area (Å²) in [5.41, 5.74) is 0. The Morgan fingerprint density at radius 2 is 1.60 bits per heavy atom. The van der Waals surface area contributed by atoms with Crippen LogP contribution in [0, 0.1) is 6.07 Å². The Morgan fingerprint density at radius 1 is 1.07 bits per heavy atom. The first-order valence-corrected chi connectivity index (χ1v) is 5.09. The fraction of sp³-hybridized carbons (Fsp3) is 0.500. The second-order valence-corrected chi connectivity index (χ2v) is 2.83. The molecule has 0 saturated heterocycles. The molecule has 0 saturated carbocycles. The van der Waals surface area contributed by atoms with Gasteiger partial charge >= 0.3 is 23.1 Å². The van der Waals surface area contributed by atoms with Crippen LogP contribution in [0.4, 0.5) is 0 Å². The fourth-order valence-corrected chi connectivity index (χ4v) is 1.02. The molecule has 1 aromatic rings. The van der Waals surface area contributed by atoms with Crippen molar-refractivity contribution in [3.05, 3.63) is 36.4 Å². The molecule has 1 aromatic carbocycles. The predicted octanol–water partition coefficient (Wildman–Crippen LogP) is 1.43. The Hall–Kier alpha value is -0.0938.